The fourth-order valence-electron chi connectivity index (χ4n) is 3.71. The number of carbonyl (C=O) groups is 1. The van der Waals surface area contributed by atoms with Gasteiger partial charge in [0.15, 0.2) is 11.5 Å². The molecule has 0 aliphatic carbocycles. The van der Waals surface area contributed by atoms with Crippen molar-refractivity contribution >= 4 is 39.3 Å². The fraction of sp³-hybridized carbons (Fsp3) is 0.167. The monoisotopic (exact) mass is 522 g/mol. The Balaban J connectivity index is 1.68. The number of amides is 1. The number of carbonyl (C=O) groups excluding carboxylic acids is 1. The van der Waals surface area contributed by atoms with Crippen LogP contribution in [-0.2, 0) is 4.79 Å². The van der Waals surface area contributed by atoms with Crippen LogP contribution in [0.25, 0.3) is 22.6 Å². The van der Waals surface area contributed by atoms with Crippen molar-refractivity contribution in [3.05, 3.63) is 70.9 Å². The van der Waals surface area contributed by atoms with Crippen LogP contribution < -0.4 is 9.64 Å². The number of hydrogen-bond acceptors (Lipinski definition) is 7. The highest BCUT2D eigenvalue weighted by Gasteiger charge is 2.37. The normalized spacial score (nSPS) is 14.8. The summed E-state index contributed by atoms with van der Waals surface area (Å²) in [4.78, 5) is 19.4. The van der Waals surface area contributed by atoms with Gasteiger partial charge in [0.1, 0.15) is 5.76 Å². The van der Waals surface area contributed by atoms with Gasteiger partial charge in [-0.1, -0.05) is 64.9 Å². The van der Waals surface area contributed by atoms with Crippen LogP contribution in [0, 0.1) is 0 Å². The Hall–Kier alpha value is -3.17. The molecule has 3 heterocycles. The van der Waals surface area contributed by atoms with E-state index in [0.717, 1.165) is 15.6 Å². The molecule has 1 amide bonds. The topological polar surface area (TPSA) is 81.4 Å². The van der Waals surface area contributed by atoms with Gasteiger partial charge in [0.25, 0.3) is 0 Å². The summed E-state index contributed by atoms with van der Waals surface area (Å²) in [5.41, 5.74) is 2.79. The second-order valence-corrected chi connectivity index (χ2v) is 8.96. The van der Waals surface area contributed by atoms with Crippen molar-refractivity contribution in [3.8, 4) is 28.5 Å². The number of nitrogens with zero attached hydrogens (tertiary/aromatic N) is 4. The Morgan fingerprint density at radius 2 is 1.97 bits per heavy atom. The van der Waals surface area contributed by atoms with Gasteiger partial charge in [0.05, 0.1) is 5.69 Å². The predicted octanol–water partition coefficient (Wildman–Crippen LogP) is 6.12. The maximum absolute atomic E-state index is 13.2. The van der Waals surface area contributed by atoms with Crippen LogP contribution in [0.2, 0.25) is 0 Å². The van der Waals surface area contributed by atoms with Crippen molar-refractivity contribution in [2.24, 2.45) is 0 Å². The van der Waals surface area contributed by atoms with E-state index in [4.69, 9.17) is 9.15 Å². The van der Waals surface area contributed by atoms with E-state index >= 15 is 0 Å². The number of para-hydroxylation sites is 1. The van der Waals surface area contributed by atoms with E-state index < -0.39 is 6.23 Å². The first-order valence-corrected chi connectivity index (χ1v) is 12.3. The zero-order valence-electron chi connectivity index (χ0n) is 17.9. The third kappa shape index (κ3) is 4.02. The number of benzene rings is 2. The number of aromatic nitrogens is 3. The van der Waals surface area contributed by atoms with Crippen molar-refractivity contribution in [1.82, 2.24) is 15.2 Å². The van der Waals surface area contributed by atoms with Gasteiger partial charge in [0.2, 0.25) is 23.2 Å². The summed E-state index contributed by atoms with van der Waals surface area (Å²) < 4.78 is 13.5. The molecule has 1 atom stereocenters. The lowest BCUT2D eigenvalue weighted by molar-refractivity contribution is -0.120. The van der Waals surface area contributed by atoms with Crippen LogP contribution in [0.5, 0.6) is 5.88 Å². The molecular weight excluding hydrogens is 504 g/mol. The number of anilines is 1. The molecular formula is C24H19BrN4O3S. The number of furan rings is 1. The van der Waals surface area contributed by atoms with Gasteiger partial charge >= 0.3 is 0 Å². The van der Waals surface area contributed by atoms with Crippen LogP contribution in [0.3, 0.4) is 0 Å². The molecule has 2 aromatic carbocycles. The summed E-state index contributed by atoms with van der Waals surface area (Å²) in [6.45, 7) is 1.82. The van der Waals surface area contributed by atoms with Crippen molar-refractivity contribution in [2.45, 2.75) is 24.7 Å². The van der Waals surface area contributed by atoms with Gasteiger partial charge in [-0.2, -0.15) is 4.98 Å². The quantitative estimate of drug-likeness (QED) is 0.298. The molecule has 1 aliphatic rings. The molecule has 0 fully saturated rings. The van der Waals surface area contributed by atoms with E-state index in [2.05, 4.69) is 31.1 Å². The molecule has 33 heavy (non-hydrogen) atoms. The van der Waals surface area contributed by atoms with E-state index in [0.29, 0.717) is 40.4 Å². The van der Waals surface area contributed by atoms with Gasteiger partial charge < -0.3 is 9.15 Å². The first-order chi connectivity index (χ1) is 16.1. The largest absolute Gasteiger partial charge is 0.455 e. The second kappa shape index (κ2) is 8.99. The number of halogens is 1. The lowest BCUT2D eigenvalue weighted by Crippen LogP contribution is -2.37. The molecule has 0 radical (unpaired) electrons. The molecule has 0 spiro atoms. The average molecular weight is 523 g/mol. The summed E-state index contributed by atoms with van der Waals surface area (Å²) in [5, 5.41) is 9.03. The molecule has 166 valence electrons. The molecule has 4 aromatic rings. The summed E-state index contributed by atoms with van der Waals surface area (Å²) in [5.74, 6) is 1.35. The highest BCUT2D eigenvalue weighted by molar-refractivity contribution is 9.10. The van der Waals surface area contributed by atoms with Gasteiger partial charge in [-0.15, -0.1) is 10.2 Å². The van der Waals surface area contributed by atoms with Crippen LogP contribution in [-0.4, -0.2) is 27.3 Å². The SMILES string of the molecule is CCC(=O)N1c2ccccc2-c2nnc(SC)nc2OC1c1ccc(-c2cccc(Br)c2)o1. The third-order valence-corrected chi connectivity index (χ3v) is 6.28. The van der Waals surface area contributed by atoms with Crippen LogP contribution >= 0.6 is 27.7 Å². The standard InChI is InChI=1S/C24H19BrN4O3S/c1-3-20(30)29-17-10-5-4-9-16(17)21-22(26-24(33-2)28-27-21)32-23(29)19-12-11-18(31-19)14-7-6-8-15(25)13-14/h4-13,23H,3H2,1-2H3. The van der Waals surface area contributed by atoms with E-state index in [1.54, 1.807) is 4.90 Å². The van der Waals surface area contributed by atoms with Crippen molar-refractivity contribution in [3.63, 3.8) is 0 Å². The smallest absolute Gasteiger partial charge is 0.247 e. The van der Waals surface area contributed by atoms with Gasteiger partial charge in [-0.25, -0.2) is 0 Å². The number of rotatable bonds is 4. The maximum atomic E-state index is 13.2. The molecule has 2 aromatic heterocycles. The lowest BCUT2D eigenvalue weighted by atomic mass is 10.1. The maximum Gasteiger partial charge on any atom is 0.247 e. The Kier molecular flexibility index (Phi) is 5.90. The molecule has 0 N–H and O–H groups in total. The first kappa shape index (κ1) is 21.7. The zero-order chi connectivity index (χ0) is 22.9. The summed E-state index contributed by atoms with van der Waals surface area (Å²) >= 11 is 4.87. The molecule has 0 saturated heterocycles. The zero-order valence-corrected chi connectivity index (χ0v) is 20.3. The van der Waals surface area contributed by atoms with Gasteiger partial charge in [-0.3, -0.25) is 9.69 Å². The fourth-order valence-corrected chi connectivity index (χ4v) is 4.40. The van der Waals surface area contributed by atoms with Crippen LogP contribution in [0.4, 0.5) is 5.69 Å². The van der Waals surface area contributed by atoms with Crippen LogP contribution in [0.15, 0.2) is 74.7 Å². The van der Waals surface area contributed by atoms with Crippen molar-refractivity contribution < 1.29 is 13.9 Å². The van der Waals surface area contributed by atoms with Gasteiger partial charge in [-0.05, 0) is 36.6 Å². The molecule has 1 unspecified atom stereocenters. The van der Waals surface area contributed by atoms with Gasteiger partial charge in [0, 0.05) is 22.0 Å². The molecule has 0 bridgehead atoms. The summed E-state index contributed by atoms with van der Waals surface area (Å²) in [7, 11) is 0. The molecule has 5 rings (SSSR count). The lowest BCUT2D eigenvalue weighted by Gasteiger charge is -2.29. The third-order valence-electron chi connectivity index (χ3n) is 5.24. The van der Waals surface area contributed by atoms with Crippen molar-refractivity contribution in [1.29, 1.82) is 0 Å². The number of thioether (sulfide) groups is 1. The molecule has 7 nitrogen and oxygen atoms in total. The average Bonchev–Trinajstić information content (AvgIpc) is 3.28. The predicted molar refractivity (Wildman–Crippen MR) is 130 cm³/mol. The second-order valence-electron chi connectivity index (χ2n) is 7.27. The van der Waals surface area contributed by atoms with E-state index in [-0.39, 0.29) is 5.91 Å². The Morgan fingerprint density at radius 1 is 1.12 bits per heavy atom. The van der Waals surface area contributed by atoms with Crippen LogP contribution in [0.1, 0.15) is 25.3 Å². The number of fused-ring (bicyclic) bond motifs is 3. The minimum atomic E-state index is -0.854. The summed E-state index contributed by atoms with van der Waals surface area (Å²) in [6.07, 6.45) is 1.31. The highest BCUT2D eigenvalue weighted by atomic mass is 79.9. The van der Waals surface area contributed by atoms with E-state index in [1.807, 2.05) is 73.8 Å². The highest BCUT2D eigenvalue weighted by Crippen LogP contribution is 2.44. The van der Waals surface area contributed by atoms with E-state index in [1.165, 1.54) is 11.8 Å². The summed E-state index contributed by atoms with van der Waals surface area (Å²) in [6, 6.07) is 19.1. The minimum absolute atomic E-state index is 0.112. The number of ether oxygens (including phenoxy) is 1. The first-order valence-electron chi connectivity index (χ1n) is 10.3. The molecule has 0 saturated carbocycles. The number of hydrogen-bond donors (Lipinski definition) is 0. The Labute approximate surface area is 203 Å². The Morgan fingerprint density at radius 3 is 2.76 bits per heavy atom. The Bertz CT molecular complexity index is 1340. The van der Waals surface area contributed by atoms with E-state index in [9.17, 15) is 4.79 Å². The molecule has 1 aliphatic heterocycles. The minimum Gasteiger partial charge on any atom is -0.455 e. The van der Waals surface area contributed by atoms with Crippen molar-refractivity contribution in [2.75, 3.05) is 11.2 Å². The molecule has 9 heteroatoms.